The van der Waals surface area contributed by atoms with E-state index in [1.54, 1.807) is 13.3 Å². The van der Waals surface area contributed by atoms with Crippen LogP contribution in [0.25, 0.3) is 22.3 Å². The van der Waals surface area contributed by atoms with Crippen LogP contribution in [0.15, 0.2) is 37.1 Å². The molecule has 3 aromatic heterocycles. The van der Waals surface area contributed by atoms with Crippen molar-refractivity contribution in [3.8, 4) is 11.3 Å². The summed E-state index contributed by atoms with van der Waals surface area (Å²) in [5, 5.41) is 20.3. The minimum Gasteiger partial charge on any atom is -0.389 e. The molecule has 1 saturated heterocycles. The van der Waals surface area contributed by atoms with Crippen molar-refractivity contribution in [1.82, 2.24) is 34.6 Å². The van der Waals surface area contributed by atoms with Crippen molar-refractivity contribution < 1.29 is 4.74 Å². The molecular formula is C24H34N8O. The molecule has 33 heavy (non-hydrogen) atoms. The fourth-order valence-electron chi connectivity index (χ4n) is 4.39. The number of likely N-dealkylation sites (tertiary alicyclic amines) is 1. The summed E-state index contributed by atoms with van der Waals surface area (Å²) in [6.45, 7) is 8.13. The van der Waals surface area contributed by atoms with E-state index in [4.69, 9.17) is 15.1 Å². The van der Waals surface area contributed by atoms with E-state index in [1.807, 2.05) is 33.9 Å². The minimum atomic E-state index is 0.343. The molecule has 3 aromatic rings. The third-order valence-corrected chi connectivity index (χ3v) is 6.42. The van der Waals surface area contributed by atoms with Crippen LogP contribution in [0.2, 0.25) is 0 Å². The zero-order valence-corrected chi connectivity index (χ0v) is 19.7. The van der Waals surface area contributed by atoms with Gasteiger partial charge in [0, 0.05) is 63.0 Å². The molecule has 1 fully saturated rings. The molecule has 1 unspecified atom stereocenters. The lowest BCUT2D eigenvalue weighted by molar-refractivity contribution is 0.108. The van der Waals surface area contributed by atoms with Crippen LogP contribution >= 0.6 is 0 Å². The highest BCUT2D eigenvalue weighted by Crippen LogP contribution is 2.26. The zero-order valence-electron chi connectivity index (χ0n) is 19.7. The van der Waals surface area contributed by atoms with Crippen molar-refractivity contribution in [3.05, 3.63) is 42.7 Å². The topological polar surface area (TPSA) is 96.4 Å². The second-order valence-corrected chi connectivity index (χ2v) is 8.46. The number of fused-ring (bicyclic) bond motifs is 1. The summed E-state index contributed by atoms with van der Waals surface area (Å²) in [6, 6.07) is 2.33. The SMILES string of the molecule is CCC(CC)n1cc(-c2nc(/C(C=N)=C/NCCN3CCC(OC)C3)cn3nccc23)cn1. The van der Waals surface area contributed by atoms with Crippen LogP contribution in [0.1, 0.15) is 44.8 Å². The van der Waals surface area contributed by atoms with Gasteiger partial charge in [0.1, 0.15) is 0 Å². The van der Waals surface area contributed by atoms with Gasteiger partial charge in [0.25, 0.3) is 0 Å². The highest BCUT2D eigenvalue weighted by Gasteiger charge is 2.21. The molecule has 2 N–H and O–H groups in total. The fraction of sp³-hybridized carbons (Fsp3) is 0.500. The van der Waals surface area contributed by atoms with Gasteiger partial charge in [0.2, 0.25) is 0 Å². The van der Waals surface area contributed by atoms with Gasteiger partial charge in [0.05, 0.1) is 47.6 Å². The zero-order chi connectivity index (χ0) is 23.2. The maximum Gasteiger partial charge on any atom is 0.0999 e. The maximum atomic E-state index is 7.96. The van der Waals surface area contributed by atoms with E-state index in [2.05, 4.69) is 40.5 Å². The Kier molecular flexibility index (Phi) is 7.51. The van der Waals surface area contributed by atoms with Crippen molar-refractivity contribution in [2.75, 3.05) is 33.3 Å². The van der Waals surface area contributed by atoms with Crippen LogP contribution in [0, 0.1) is 5.41 Å². The predicted molar refractivity (Wildman–Crippen MR) is 130 cm³/mol. The lowest BCUT2D eigenvalue weighted by atomic mass is 10.1. The Morgan fingerprint density at radius 2 is 2.15 bits per heavy atom. The van der Waals surface area contributed by atoms with Crippen LogP contribution in [0.3, 0.4) is 0 Å². The van der Waals surface area contributed by atoms with Crippen LogP contribution < -0.4 is 5.32 Å². The summed E-state index contributed by atoms with van der Waals surface area (Å²) in [5.74, 6) is 0. The number of allylic oxidation sites excluding steroid dienone is 1. The molecule has 0 radical (unpaired) electrons. The highest BCUT2D eigenvalue weighted by molar-refractivity contribution is 6.07. The Labute approximate surface area is 195 Å². The van der Waals surface area contributed by atoms with E-state index in [0.717, 1.165) is 62.2 Å². The lowest BCUT2D eigenvalue weighted by Gasteiger charge is -2.15. The van der Waals surface area contributed by atoms with Crippen LogP contribution in [-0.2, 0) is 4.74 Å². The molecule has 1 aliphatic heterocycles. The molecule has 0 spiro atoms. The maximum absolute atomic E-state index is 7.96. The van der Waals surface area contributed by atoms with Crippen molar-refractivity contribution in [3.63, 3.8) is 0 Å². The lowest BCUT2D eigenvalue weighted by Crippen LogP contribution is -2.29. The van der Waals surface area contributed by atoms with Crippen LogP contribution in [0.5, 0.6) is 0 Å². The molecule has 176 valence electrons. The standard InChI is InChI=1S/C24H34N8O/c1-4-20(5-2)31-15-19(14-28-31)24-23-6-8-27-32(23)17-22(29-24)18(12-25)13-26-9-11-30-10-7-21(16-30)33-3/h6,8,12-15,17,20-21,25-26H,4-5,7,9-11,16H2,1-3H3/b18-13+,25-12?. The number of methoxy groups -OCH3 is 1. The molecule has 0 aliphatic carbocycles. The first kappa shape index (κ1) is 23.1. The van der Waals surface area contributed by atoms with Gasteiger partial charge in [-0.15, -0.1) is 0 Å². The second-order valence-electron chi connectivity index (χ2n) is 8.46. The Hall–Kier alpha value is -3.04. The first-order valence-corrected chi connectivity index (χ1v) is 11.7. The van der Waals surface area contributed by atoms with E-state index in [0.29, 0.717) is 23.4 Å². The van der Waals surface area contributed by atoms with Gasteiger partial charge in [-0.3, -0.25) is 9.58 Å². The van der Waals surface area contributed by atoms with Crippen molar-refractivity contribution in [2.24, 2.45) is 0 Å². The van der Waals surface area contributed by atoms with Gasteiger partial charge in [-0.05, 0) is 25.3 Å². The average Bonchev–Trinajstić information content (AvgIpc) is 3.60. The molecule has 0 saturated carbocycles. The Morgan fingerprint density at radius 3 is 2.88 bits per heavy atom. The van der Waals surface area contributed by atoms with E-state index in [9.17, 15) is 0 Å². The summed E-state index contributed by atoms with van der Waals surface area (Å²) < 4.78 is 9.28. The number of nitrogens with one attached hydrogen (secondary N) is 2. The van der Waals surface area contributed by atoms with Crippen molar-refractivity contribution in [1.29, 1.82) is 5.41 Å². The third-order valence-electron chi connectivity index (χ3n) is 6.42. The summed E-state index contributed by atoms with van der Waals surface area (Å²) in [6.07, 6.45) is 14.3. The quantitative estimate of drug-likeness (QED) is 0.344. The smallest absolute Gasteiger partial charge is 0.0999 e. The van der Waals surface area contributed by atoms with Crippen molar-refractivity contribution >= 4 is 17.3 Å². The predicted octanol–water partition coefficient (Wildman–Crippen LogP) is 3.25. The summed E-state index contributed by atoms with van der Waals surface area (Å²) >= 11 is 0. The van der Waals surface area contributed by atoms with Gasteiger partial charge in [-0.2, -0.15) is 10.2 Å². The Morgan fingerprint density at radius 1 is 1.30 bits per heavy atom. The largest absolute Gasteiger partial charge is 0.389 e. The van der Waals surface area contributed by atoms with Gasteiger partial charge in [-0.25, -0.2) is 9.50 Å². The summed E-state index contributed by atoms with van der Waals surface area (Å²) in [7, 11) is 1.78. The second kappa shape index (κ2) is 10.7. The molecule has 1 atom stereocenters. The van der Waals surface area contributed by atoms with E-state index in [-0.39, 0.29) is 0 Å². The Balaban J connectivity index is 1.53. The van der Waals surface area contributed by atoms with E-state index >= 15 is 0 Å². The fourth-order valence-corrected chi connectivity index (χ4v) is 4.39. The highest BCUT2D eigenvalue weighted by atomic mass is 16.5. The summed E-state index contributed by atoms with van der Waals surface area (Å²) in [4.78, 5) is 7.31. The number of hydrogen-bond donors (Lipinski definition) is 2. The molecule has 0 bridgehead atoms. The molecular weight excluding hydrogens is 416 g/mol. The third kappa shape index (κ3) is 5.15. The van der Waals surface area contributed by atoms with Gasteiger partial charge >= 0.3 is 0 Å². The van der Waals surface area contributed by atoms with Gasteiger partial charge in [0.15, 0.2) is 0 Å². The number of hydrogen-bond acceptors (Lipinski definition) is 7. The molecule has 0 aromatic carbocycles. The average molecular weight is 451 g/mol. The van der Waals surface area contributed by atoms with Crippen LogP contribution in [-0.4, -0.2) is 74.9 Å². The molecule has 9 heteroatoms. The first-order valence-electron chi connectivity index (χ1n) is 11.7. The monoisotopic (exact) mass is 450 g/mol. The molecule has 4 rings (SSSR count). The normalized spacial score (nSPS) is 17.3. The van der Waals surface area contributed by atoms with E-state index < -0.39 is 0 Å². The minimum absolute atomic E-state index is 0.343. The molecule has 4 heterocycles. The van der Waals surface area contributed by atoms with Gasteiger partial charge in [-0.1, -0.05) is 13.8 Å². The first-order chi connectivity index (χ1) is 16.2. The van der Waals surface area contributed by atoms with E-state index in [1.165, 1.54) is 6.21 Å². The van der Waals surface area contributed by atoms with Gasteiger partial charge < -0.3 is 15.5 Å². The van der Waals surface area contributed by atoms with Crippen LogP contribution in [0.4, 0.5) is 0 Å². The number of rotatable bonds is 11. The number of nitrogens with zero attached hydrogens (tertiary/aromatic N) is 6. The van der Waals surface area contributed by atoms with Crippen molar-refractivity contribution in [2.45, 2.75) is 45.3 Å². The summed E-state index contributed by atoms with van der Waals surface area (Å²) in [5.41, 5.74) is 4.09. The molecule has 9 nitrogen and oxygen atoms in total. The molecule has 1 aliphatic rings. The number of aromatic nitrogens is 5. The number of ether oxygens (including phenoxy) is 1. The molecule has 0 amide bonds. The Bertz CT molecular complexity index is 1100.